The van der Waals surface area contributed by atoms with Crippen molar-refractivity contribution in [3.05, 3.63) is 175 Å². The van der Waals surface area contributed by atoms with Crippen LogP contribution in [0.15, 0.2) is 163 Å². The third kappa shape index (κ3) is 5.33. The van der Waals surface area contributed by atoms with Crippen LogP contribution in [-0.4, -0.2) is 15.0 Å². The van der Waals surface area contributed by atoms with E-state index in [0.29, 0.717) is 23.2 Å². The van der Waals surface area contributed by atoms with Crippen molar-refractivity contribution in [3.63, 3.8) is 0 Å². The topological polar surface area (TPSA) is 51.8 Å². The van der Waals surface area contributed by atoms with Gasteiger partial charge >= 0.3 is 0 Å². The molecule has 0 saturated heterocycles. The van der Waals surface area contributed by atoms with Crippen molar-refractivity contribution in [1.82, 2.24) is 15.0 Å². The highest BCUT2D eigenvalue weighted by Crippen LogP contribution is 2.37. The van der Waals surface area contributed by atoms with E-state index in [2.05, 4.69) is 122 Å². The molecule has 9 aromatic rings. The summed E-state index contributed by atoms with van der Waals surface area (Å²) in [6.45, 7) is 4.07. The Bertz CT molecular complexity index is 2760. The van der Waals surface area contributed by atoms with Crippen LogP contribution >= 0.6 is 0 Å². The van der Waals surface area contributed by atoms with E-state index in [1.54, 1.807) is 6.08 Å². The molecule has 0 fully saturated rings. The number of fused-ring (bicyclic) bond motifs is 5. The van der Waals surface area contributed by atoms with Gasteiger partial charge in [0.15, 0.2) is 17.5 Å². The Labute approximate surface area is 289 Å². The molecule has 0 spiro atoms. The minimum absolute atomic E-state index is 0.582. The highest BCUT2D eigenvalue weighted by atomic mass is 16.3. The quantitative estimate of drug-likeness (QED) is 0.163. The van der Waals surface area contributed by atoms with E-state index >= 15 is 0 Å². The highest BCUT2D eigenvalue weighted by molar-refractivity contribution is 6.08. The van der Waals surface area contributed by atoms with E-state index in [1.807, 2.05) is 42.5 Å². The fourth-order valence-corrected chi connectivity index (χ4v) is 6.87. The minimum Gasteiger partial charge on any atom is -0.456 e. The fraction of sp³-hybridized carbons (Fsp3) is 0.0217. The van der Waals surface area contributed by atoms with Gasteiger partial charge in [-0.05, 0) is 62.5 Å². The van der Waals surface area contributed by atoms with Gasteiger partial charge in [-0.3, -0.25) is 0 Å². The maximum absolute atomic E-state index is 6.34. The standard InChI is InChI=1S/C46H31N3O/c1-2-41-39(19-10-12-30-22-23-31-13-6-7-17-34(31)28-30)43-40(20-11-21-42(43)50-41)46-48-44(33-15-4-3-5-16-33)47-45(49-46)36-26-27-38-35(29-36)25-24-32-14-8-9-18-37(32)38/h2-11,13-29H,1,12H2/b19-10-. The van der Waals surface area contributed by atoms with Crippen molar-refractivity contribution in [3.8, 4) is 34.2 Å². The third-order valence-corrected chi connectivity index (χ3v) is 9.33. The summed E-state index contributed by atoms with van der Waals surface area (Å²) in [6.07, 6.45) is 6.87. The Balaban J connectivity index is 1.18. The maximum Gasteiger partial charge on any atom is 0.164 e. The summed E-state index contributed by atoms with van der Waals surface area (Å²) in [5.74, 6) is 2.52. The van der Waals surface area contributed by atoms with E-state index in [1.165, 1.54) is 32.5 Å². The lowest BCUT2D eigenvalue weighted by Crippen LogP contribution is -2.00. The molecule has 50 heavy (non-hydrogen) atoms. The Morgan fingerprint density at radius 2 is 1.24 bits per heavy atom. The molecule has 9 rings (SSSR count). The summed E-state index contributed by atoms with van der Waals surface area (Å²) in [7, 11) is 0. The number of hydrogen-bond acceptors (Lipinski definition) is 4. The molecule has 7 aromatic carbocycles. The molecule has 0 radical (unpaired) electrons. The number of allylic oxidation sites excluding steroid dienone is 1. The van der Waals surface area contributed by atoms with Gasteiger partial charge < -0.3 is 4.42 Å². The van der Waals surface area contributed by atoms with Gasteiger partial charge in [-0.1, -0.05) is 152 Å². The first-order valence-corrected chi connectivity index (χ1v) is 16.8. The van der Waals surface area contributed by atoms with Crippen molar-refractivity contribution in [1.29, 1.82) is 0 Å². The maximum atomic E-state index is 6.34. The lowest BCUT2D eigenvalue weighted by atomic mass is 10.00. The van der Waals surface area contributed by atoms with Crippen LogP contribution in [0.4, 0.5) is 0 Å². The summed E-state index contributed by atoms with van der Waals surface area (Å²) in [5, 5.41) is 8.20. The Morgan fingerprint density at radius 1 is 0.540 bits per heavy atom. The smallest absolute Gasteiger partial charge is 0.164 e. The van der Waals surface area contributed by atoms with Gasteiger partial charge in [-0.15, -0.1) is 0 Å². The third-order valence-electron chi connectivity index (χ3n) is 9.33. The van der Waals surface area contributed by atoms with Gasteiger partial charge in [0.05, 0.1) is 0 Å². The van der Waals surface area contributed by atoms with Crippen LogP contribution < -0.4 is 0 Å². The van der Waals surface area contributed by atoms with E-state index in [9.17, 15) is 0 Å². The van der Waals surface area contributed by atoms with Gasteiger partial charge in [0.2, 0.25) is 0 Å². The zero-order valence-electron chi connectivity index (χ0n) is 27.3. The SMILES string of the molecule is C=Cc1oc2cccc(-c3nc(-c4ccccc4)nc(-c4ccc5c(ccc6ccccc65)c4)n3)c2c1/C=C\Cc1ccc2ccccc2c1. The molecule has 0 aliphatic heterocycles. The van der Waals surface area contributed by atoms with Gasteiger partial charge in [-0.2, -0.15) is 0 Å². The molecule has 0 saturated carbocycles. The van der Waals surface area contributed by atoms with E-state index in [4.69, 9.17) is 19.4 Å². The molecular formula is C46H31N3O. The molecular weight excluding hydrogens is 611 g/mol. The largest absolute Gasteiger partial charge is 0.456 e. The summed E-state index contributed by atoms with van der Waals surface area (Å²) < 4.78 is 6.34. The molecule has 0 N–H and O–H groups in total. The molecule has 2 aromatic heterocycles. The molecule has 0 amide bonds. The summed E-state index contributed by atoms with van der Waals surface area (Å²) in [4.78, 5) is 15.2. The Hall–Kier alpha value is -6.65. The van der Waals surface area contributed by atoms with Gasteiger partial charge in [0.25, 0.3) is 0 Å². The highest BCUT2D eigenvalue weighted by Gasteiger charge is 2.19. The zero-order chi connectivity index (χ0) is 33.4. The van der Waals surface area contributed by atoms with E-state index in [0.717, 1.165) is 45.0 Å². The van der Waals surface area contributed by atoms with Crippen LogP contribution in [-0.2, 0) is 6.42 Å². The van der Waals surface area contributed by atoms with E-state index < -0.39 is 0 Å². The molecule has 236 valence electrons. The van der Waals surface area contributed by atoms with Crippen molar-refractivity contribution in [2.24, 2.45) is 0 Å². The van der Waals surface area contributed by atoms with Crippen LogP contribution in [0.1, 0.15) is 16.9 Å². The number of aromatic nitrogens is 3. The van der Waals surface area contributed by atoms with Gasteiger partial charge in [-0.25, -0.2) is 15.0 Å². The molecule has 4 nitrogen and oxygen atoms in total. The monoisotopic (exact) mass is 641 g/mol. The van der Waals surface area contributed by atoms with Crippen LogP contribution in [0.5, 0.6) is 0 Å². The van der Waals surface area contributed by atoms with Crippen molar-refractivity contribution < 1.29 is 4.42 Å². The fourth-order valence-electron chi connectivity index (χ4n) is 6.87. The molecule has 0 atom stereocenters. The lowest BCUT2D eigenvalue weighted by Gasteiger charge is -2.11. The lowest BCUT2D eigenvalue weighted by molar-refractivity contribution is 0.603. The molecule has 0 aliphatic carbocycles. The molecule has 4 heteroatoms. The van der Waals surface area contributed by atoms with Crippen LogP contribution in [0.2, 0.25) is 0 Å². The first-order chi connectivity index (χ1) is 24.7. The average molecular weight is 642 g/mol. The molecule has 0 aliphatic rings. The van der Waals surface area contributed by atoms with Crippen LogP contribution in [0, 0.1) is 0 Å². The average Bonchev–Trinajstić information content (AvgIpc) is 3.55. The minimum atomic E-state index is 0.582. The van der Waals surface area contributed by atoms with E-state index in [-0.39, 0.29) is 0 Å². The normalized spacial score (nSPS) is 11.7. The summed E-state index contributed by atoms with van der Waals surface area (Å²) >= 11 is 0. The number of furan rings is 1. The van der Waals surface area contributed by atoms with Crippen LogP contribution in [0.3, 0.4) is 0 Å². The van der Waals surface area contributed by atoms with Crippen molar-refractivity contribution in [2.45, 2.75) is 6.42 Å². The van der Waals surface area contributed by atoms with Gasteiger partial charge in [0, 0.05) is 27.6 Å². The zero-order valence-corrected chi connectivity index (χ0v) is 27.3. The van der Waals surface area contributed by atoms with Crippen molar-refractivity contribution >= 4 is 55.4 Å². The van der Waals surface area contributed by atoms with Gasteiger partial charge in [0.1, 0.15) is 11.3 Å². The molecule has 0 bridgehead atoms. The number of rotatable bonds is 7. The Morgan fingerprint density at radius 3 is 2.10 bits per heavy atom. The van der Waals surface area contributed by atoms with Crippen LogP contribution in [0.25, 0.3) is 89.6 Å². The second kappa shape index (κ2) is 12.4. The number of hydrogen-bond donors (Lipinski definition) is 0. The van der Waals surface area contributed by atoms with Crippen molar-refractivity contribution in [2.75, 3.05) is 0 Å². The first kappa shape index (κ1) is 29.5. The predicted octanol–water partition coefficient (Wildman–Crippen LogP) is 12.0. The number of nitrogens with zero attached hydrogens (tertiary/aromatic N) is 3. The Kier molecular flexibility index (Phi) is 7.33. The summed E-state index contributed by atoms with van der Waals surface area (Å²) in [6, 6.07) is 50.4. The molecule has 0 unspecified atom stereocenters. The second-order valence-electron chi connectivity index (χ2n) is 12.4. The predicted molar refractivity (Wildman–Crippen MR) is 208 cm³/mol. The molecule has 2 heterocycles. The second-order valence-corrected chi connectivity index (χ2v) is 12.4. The number of benzene rings is 7. The summed E-state index contributed by atoms with van der Waals surface area (Å²) in [5.41, 5.74) is 5.67. The first-order valence-electron chi connectivity index (χ1n) is 16.8.